The zero-order valence-electron chi connectivity index (χ0n) is 12.7. The van der Waals surface area contributed by atoms with Crippen molar-refractivity contribution in [1.29, 1.82) is 0 Å². The van der Waals surface area contributed by atoms with Crippen molar-refractivity contribution in [1.82, 2.24) is 4.90 Å². The van der Waals surface area contributed by atoms with Crippen LogP contribution in [0.3, 0.4) is 0 Å². The lowest BCUT2D eigenvalue weighted by Gasteiger charge is -2.32. The van der Waals surface area contributed by atoms with Crippen molar-refractivity contribution in [3.05, 3.63) is 22.7 Å². The van der Waals surface area contributed by atoms with Crippen LogP contribution in [-0.4, -0.2) is 43.4 Å². The number of ether oxygens (including phenoxy) is 2. The van der Waals surface area contributed by atoms with Gasteiger partial charge in [-0.15, -0.1) is 13.2 Å². The molecule has 0 aliphatic carbocycles. The van der Waals surface area contributed by atoms with Crippen LogP contribution in [0.5, 0.6) is 11.5 Å². The molecule has 1 fully saturated rings. The van der Waals surface area contributed by atoms with Crippen molar-refractivity contribution in [2.75, 3.05) is 26.2 Å². The lowest BCUT2D eigenvalue weighted by atomic mass is 10.1. The van der Waals surface area contributed by atoms with Crippen LogP contribution in [0.4, 0.5) is 22.0 Å². The highest BCUT2D eigenvalue weighted by atomic mass is 79.9. The van der Waals surface area contributed by atoms with E-state index in [1.807, 2.05) is 0 Å². The van der Waals surface area contributed by atoms with Crippen molar-refractivity contribution < 1.29 is 31.4 Å². The monoisotopic (exact) mass is 417 g/mol. The third-order valence-electron chi connectivity index (χ3n) is 3.48. The molecule has 1 aliphatic rings. The third kappa shape index (κ3) is 6.43. The Morgan fingerprint density at radius 1 is 1.25 bits per heavy atom. The number of likely N-dealkylation sites (tertiary alicyclic amines) is 1. The SMILES string of the molecule is FC1(F)CCCN(CCCOc2cc(OC(F)(F)F)ccc2Br)C1. The van der Waals surface area contributed by atoms with Gasteiger partial charge >= 0.3 is 6.36 Å². The second-order valence-electron chi connectivity index (χ2n) is 5.58. The summed E-state index contributed by atoms with van der Waals surface area (Å²) in [7, 11) is 0. The molecule has 9 heteroatoms. The molecule has 2 rings (SSSR count). The fourth-order valence-electron chi connectivity index (χ4n) is 2.50. The van der Waals surface area contributed by atoms with Crippen LogP contribution in [0.15, 0.2) is 22.7 Å². The summed E-state index contributed by atoms with van der Waals surface area (Å²) < 4.78 is 72.9. The zero-order valence-corrected chi connectivity index (χ0v) is 14.3. The predicted molar refractivity (Wildman–Crippen MR) is 81.6 cm³/mol. The van der Waals surface area contributed by atoms with Crippen molar-refractivity contribution in [3.8, 4) is 11.5 Å². The van der Waals surface area contributed by atoms with E-state index in [1.54, 1.807) is 4.90 Å². The smallest absolute Gasteiger partial charge is 0.492 e. The van der Waals surface area contributed by atoms with Gasteiger partial charge in [-0.3, -0.25) is 4.90 Å². The van der Waals surface area contributed by atoms with Gasteiger partial charge in [0.1, 0.15) is 11.5 Å². The molecule has 0 unspecified atom stereocenters. The summed E-state index contributed by atoms with van der Waals surface area (Å²) in [6.07, 6.45) is -3.91. The summed E-state index contributed by atoms with van der Waals surface area (Å²) in [4.78, 5) is 1.67. The highest BCUT2D eigenvalue weighted by Gasteiger charge is 2.34. The first-order valence-corrected chi connectivity index (χ1v) is 8.22. The maximum Gasteiger partial charge on any atom is 0.573 e. The molecule has 1 saturated heterocycles. The van der Waals surface area contributed by atoms with Crippen LogP contribution in [0.2, 0.25) is 0 Å². The Morgan fingerprint density at radius 3 is 2.67 bits per heavy atom. The number of piperidine rings is 1. The van der Waals surface area contributed by atoms with Gasteiger partial charge in [-0.2, -0.15) is 0 Å². The highest BCUT2D eigenvalue weighted by molar-refractivity contribution is 9.10. The van der Waals surface area contributed by atoms with Crippen molar-refractivity contribution in [2.24, 2.45) is 0 Å². The minimum atomic E-state index is -4.77. The molecule has 0 aromatic heterocycles. The normalized spacial score (nSPS) is 18.4. The molecule has 0 atom stereocenters. The van der Waals surface area contributed by atoms with E-state index in [0.717, 1.165) is 6.07 Å². The van der Waals surface area contributed by atoms with E-state index in [1.165, 1.54) is 12.1 Å². The average Bonchev–Trinajstić information content (AvgIpc) is 2.44. The zero-order chi connectivity index (χ0) is 17.8. The van der Waals surface area contributed by atoms with Crippen LogP contribution in [0, 0.1) is 0 Å². The predicted octanol–water partition coefficient (Wildman–Crippen LogP) is 4.85. The molecule has 0 amide bonds. The standard InChI is InChI=1S/C15H17BrF5NO2/c16-12-4-3-11(24-15(19,20)21)9-13(12)23-8-2-7-22-6-1-5-14(17,18)10-22/h3-4,9H,1-2,5-8,10H2. The summed E-state index contributed by atoms with van der Waals surface area (Å²) in [6, 6.07) is 3.69. The topological polar surface area (TPSA) is 21.7 Å². The molecule has 0 N–H and O–H groups in total. The van der Waals surface area contributed by atoms with Crippen LogP contribution < -0.4 is 9.47 Å². The molecule has 0 bridgehead atoms. The maximum atomic E-state index is 13.3. The van der Waals surface area contributed by atoms with E-state index in [0.29, 0.717) is 30.4 Å². The Bertz CT molecular complexity index is 553. The summed E-state index contributed by atoms with van der Waals surface area (Å²) in [5, 5.41) is 0. The van der Waals surface area contributed by atoms with E-state index < -0.39 is 12.3 Å². The molecule has 0 radical (unpaired) electrons. The van der Waals surface area contributed by atoms with Crippen molar-refractivity contribution >= 4 is 15.9 Å². The molecule has 1 aromatic rings. The molecule has 0 spiro atoms. The Morgan fingerprint density at radius 2 is 2.00 bits per heavy atom. The average molecular weight is 418 g/mol. The second kappa shape index (κ2) is 7.86. The molecule has 1 aromatic carbocycles. The lowest BCUT2D eigenvalue weighted by Crippen LogP contribution is -2.43. The number of halogens is 6. The van der Waals surface area contributed by atoms with Crippen LogP contribution >= 0.6 is 15.9 Å². The van der Waals surface area contributed by atoms with Gasteiger partial charge in [0, 0.05) is 19.0 Å². The molecule has 3 nitrogen and oxygen atoms in total. The summed E-state index contributed by atoms with van der Waals surface area (Å²) in [5.74, 6) is -2.82. The highest BCUT2D eigenvalue weighted by Crippen LogP contribution is 2.32. The molecular formula is C15H17BrF5NO2. The number of benzene rings is 1. The van der Waals surface area contributed by atoms with Gasteiger partial charge in [0.25, 0.3) is 5.92 Å². The second-order valence-corrected chi connectivity index (χ2v) is 6.43. The number of alkyl halides is 5. The van der Waals surface area contributed by atoms with Crippen molar-refractivity contribution in [2.45, 2.75) is 31.5 Å². The molecule has 136 valence electrons. The first-order chi connectivity index (χ1) is 11.1. The van der Waals surface area contributed by atoms with E-state index in [2.05, 4.69) is 20.7 Å². The molecule has 1 aliphatic heterocycles. The Balaban J connectivity index is 1.80. The van der Waals surface area contributed by atoms with E-state index >= 15 is 0 Å². The Hall–Kier alpha value is -1.09. The first kappa shape index (κ1) is 19.2. The molecule has 0 saturated carbocycles. The summed E-state index contributed by atoms with van der Waals surface area (Å²) >= 11 is 3.18. The lowest BCUT2D eigenvalue weighted by molar-refractivity contribution is -0.274. The maximum absolute atomic E-state index is 13.3. The molecule has 24 heavy (non-hydrogen) atoms. The fourth-order valence-corrected chi connectivity index (χ4v) is 2.86. The van der Waals surface area contributed by atoms with Gasteiger partial charge in [0.2, 0.25) is 0 Å². The number of nitrogens with zero attached hydrogens (tertiary/aromatic N) is 1. The summed E-state index contributed by atoms with van der Waals surface area (Å²) in [6.45, 7) is 1.02. The quantitative estimate of drug-likeness (QED) is 0.487. The van der Waals surface area contributed by atoms with Crippen LogP contribution in [-0.2, 0) is 0 Å². The van der Waals surface area contributed by atoms with E-state index in [4.69, 9.17) is 4.74 Å². The van der Waals surface area contributed by atoms with Gasteiger partial charge in [0.05, 0.1) is 17.6 Å². The molecular weight excluding hydrogens is 401 g/mol. The van der Waals surface area contributed by atoms with Crippen LogP contribution in [0.1, 0.15) is 19.3 Å². The van der Waals surface area contributed by atoms with Gasteiger partial charge in [-0.05, 0) is 47.4 Å². The van der Waals surface area contributed by atoms with Gasteiger partial charge < -0.3 is 9.47 Å². The third-order valence-corrected chi connectivity index (χ3v) is 4.14. The number of hydrogen-bond acceptors (Lipinski definition) is 3. The fraction of sp³-hybridized carbons (Fsp3) is 0.600. The number of hydrogen-bond donors (Lipinski definition) is 0. The van der Waals surface area contributed by atoms with Gasteiger partial charge in [-0.25, -0.2) is 8.78 Å². The summed E-state index contributed by atoms with van der Waals surface area (Å²) in [5.41, 5.74) is 0. The Labute approximate surface area is 144 Å². The number of rotatable bonds is 6. The van der Waals surface area contributed by atoms with E-state index in [9.17, 15) is 22.0 Å². The minimum absolute atomic E-state index is 0.0844. The van der Waals surface area contributed by atoms with Crippen LogP contribution in [0.25, 0.3) is 0 Å². The Kier molecular flexibility index (Phi) is 6.30. The van der Waals surface area contributed by atoms with Gasteiger partial charge in [-0.1, -0.05) is 0 Å². The van der Waals surface area contributed by atoms with Crippen molar-refractivity contribution in [3.63, 3.8) is 0 Å². The first-order valence-electron chi connectivity index (χ1n) is 7.43. The van der Waals surface area contributed by atoms with E-state index in [-0.39, 0.29) is 31.1 Å². The molecule has 1 heterocycles. The minimum Gasteiger partial charge on any atom is -0.492 e. The van der Waals surface area contributed by atoms with Gasteiger partial charge in [0.15, 0.2) is 0 Å². The largest absolute Gasteiger partial charge is 0.573 e.